The van der Waals surface area contributed by atoms with Gasteiger partial charge in [-0.3, -0.25) is 9.59 Å². The summed E-state index contributed by atoms with van der Waals surface area (Å²) in [6, 6.07) is 6.46. The third-order valence-corrected chi connectivity index (χ3v) is 3.02. The van der Waals surface area contributed by atoms with Crippen molar-refractivity contribution >= 4 is 11.9 Å². The van der Waals surface area contributed by atoms with Crippen LogP contribution in [-0.2, 0) is 14.3 Å². The first-order chi connectivity index (χ1) is 9.61. The van der Waals surface area contributed by atoms with Crippen LogP contribution in [0.15, 0.2) is 24.3 Å². The Balaban J connectivity index is 3.14. The number of aliphatic carboxylic acids is 1. The van der Waals surface area contributed by atoms with Gasteiger partial charge in [-0.15, -0.1) is 0 Å². The van der Waals surface area contributed by atoms with Gasteiger partial charge in [-0.05, 0) is 38.8 Å². The van der Waals surface area contributed by atoms with Gasteiger partial charge < -0.3 is 15.6 Å². The highest BCUT2D eigenvalue weighted by atomic mass is 16.6. The minimum atomic E-state index is -1.04. The van der Waals surface area contributed by atoms with Gasteiger partial charge >= 0.3 is 11.9 Å². The second-order valence-corrected chi connectivity index (χ2v) is 6.13. The van der Waals surface area contributed by atoms with Crippen LogP contribution in [0.4, 0.5) is 0 Å². The van der Waals surface area contributed by atoms with Gasteiger partial charge in [0.25, 0.3) is 0 Å². The lowest BCUT2D eigenvalue weighted by molar-refractivity contribution is -0.157. The van der Waals surface area contributed by atoms with Crippen LogP contribution in [0.5, 0.6) is 0 Å². The predicted octanol–water partition coefficient (Wildman–Crippen LogP) is 2.22. The lowest BCUT2D eigenvalue weighted by atomic mass is 9.87. The Hall–Kier alpha value is -1.88. The predicted molar refractivity (Wildman–Crippen MR) is 80.0 cm³/mol. The molecule has 1 rings (SSSR count). The van der Waals surface area contributed by atoms with Gasteiger partial charge in [-0.25, -0.2) is 0 Å². The van der Waals surface area contributed by atoms with Crippen molar-refractivity contribution in [1.29, 1.82) is 0 Å². The van der Waals surface area contributed by atoms with Crippen molar-refractivity contribution in [3.63, 3.8) is 0 Å². The SMILES string of the molecule is Cc1ccccc1C(C(=O)OC(C)(C)C)[C@@H](N)CC(=O)O. The molecule has 0 aliphatic rings. The Labute approximate surface area is 125 Å². The Bertz CT molecular complexity index is 519. The number of ether oxygens (including phenoxy) is 1. The molecule has 3 N–H and O–H groups in total. The fourth-order valence-electron chi connectivity index (χ4n) is 2.15. The fraction of sp³-hybridized carbons (Fsp3) is 0.500. The molecular weight excluding hydrogens is 270 g/mol. The minimum absolute atomic E-state index is 0.293. The van der Waals surface area contributed by atoms with E-state index in [1.807, 2.05) is 19.1 Å². The van der Waals surface area contributed by atoms with E-state index >= 15 is 0 Å². The summed E-state index contributed by atoms with van der Waals surface area (Å²) in [5.74, 6) is -2.32. The maximum absolute atomic E-state index is 12.4. The van der Waals surface area contributed by atoms with E-state index in [1.165, 1.54) is 0 Å². The van der Waals surface area contributed by atoms with Crippen molar-refractivity contribution in [2.45, 2.75) is 51.7 Å². The van der Waals surface area contributed by atoms with Gasteiger partial charge in [0.15, 0.2) is 0 Å². The van der Waals surface area contributed by atoms with Crippen molar-refractivity contribution in [2.75, 3.05) is 0 Å². The molecule has 0 saturated carbocycles. The number of aryl methyl sites for hydroxylation is 1. The average molecular weight is 293 g/mol. The summed E-state index contributed by atoms with van der Waals surface area (Å²) in [4.78, 5) is 23.3. The van der Waals surface area contributed by atoms with Gasteiger partial charge in [-0.1, -0.05) is 24.3 Å². The molecule has 21 heavy (non-hydrogen) atoms. The highest BCUT2D eigenvalue weighted by Crippen LogP contribution is 2.27. The lowest BCUT2D eigenvalue weighted by Gasteiger charge is -2.27. The molecule has 0 amide bonds. The maximum atomic E-state index is 12.4. The monoisotopic (exact) mass is 293 g/mol. The molecule has 0 aliphatic heterocycles. The van der Waals surface area contributed by atoms with Crippen LogP contribution in [0.2, 0.25) is 0 Å². The second kappa shape index (κ2) is 6.72. The first-order valence-corrected chi connectivity index (χ1v) is 6.87. The third kappa shape index (κ3) is 5.19. The lowest BCUT2D eigenvalue weighted by Crippen LogP contribution is -2.39. The molecular formula is C16H23NO4. The van der Waals surface area contributed by atoms with Gasteiger partial charge in [0.1, 0.15) is 5.60 Å². The van der Waals surface area contributed by atoms with Crippen LogP contribution in [-0.4, -0.2) is 28.7 Å². The largest absolute Gasteiger partial charge is 0.481 e. The highest BCUT2D eigenvalue weighted by molar-refractivity contribution is 5.81. The van der Waals surface area contributed by atoms with E-state index in [1.54, 1.807) is 32.9 Å². The van der Waals surface area contributed by atoms with Crippen LogP contribution >= 0.6 is 0 Å². The van der Waals surface area contributed by atoms with E-state index in [9.17, 15) is 9.59 Å². The summed E-state index contributed by atoms with van der Waals surface area (Å²) in [6.07, 6.45) is -0.293. The average Bonchev–Trinajstić information content (AvgIpc) is 2.28. The van der Waals surface area contributed by atoms with E-state index in [2.05, 4.69) is 0 Å². The number of carboxylic acid groups (broad SMARTS) is 1. The Morgan fingerprint density at radius 3 is 2.33 bits per heavy atom. The zero-order chi connectivity index (χ0) is 16.2. The molecule has 5 nitrogen and oxygen atoms in total. The van der Waals surface area contributed by atoms with Crippen molar-refractivity contribution < 1.29 is 19.4 Å². The van der Waals surface area contributed by atoms with Gasteiger partial charge in [0.2, 0.25) is 0 Å². The van der Waals surface area contributed by atoms with Crippen LogP contribution in [0.1, 0.15) is 44.2 Å². The summed E-state index contributed by atoms with van der Waals surface area (Å²) in [5.41, 5.74) is 6.90. The highest BCUT2D eigenvalue weighted by Gasteiger charge is 2.33. The van der Waals surface area contributed by atoms with Crippen LogP contribution in [0.25, 0.3) is 0 Å². The van der Waals surface area contributed by atoms with E-state index in [-0.39, 0.29) is 6.42 Å². The van der Waals surface area contributed by atoms with Crippen LogP contribution in [0, 0.1) is 6.92 Å². The van der Waals surface area contributed by atoms with Crippen molar-refractivity contribution in [1.82, 2.24) is 0 Å². The molecule has 0 saturated heterocycles. The van der Waals surface area contributed by atoms with E-state index in [4.69, 9.17) is 15.6 Å². The summed E-state index contributed by atoms with van der Waals surface area (Å²) in [5, 5.41) is 8.93. The molecule has 1 unspecified atom stereocenters. The third-order valence-electron chi connectivity index (χ3n) is 3.02. The Kier molecular flexibility index (Phi) is 5.49. The molecule has 0 fully saturated rings. The fourth-order valence-corrected chi connectivity index (χ4v) is 2.15. The number of rotatable bonds is 5. The first kappa shape index (κ1) is 17.2. The molecule has 5 heteroatoms. The number of benzene rings is 1. The van der Waals surface area contributed by atoms with E-state index in [0.717, 1.165) is 5.56 Å². The number of carboxylic acids is 1. The van der Waals surface area contributed by atoms with E-state index in [0.29, 0.717) is 5.56 Å². The quantitative estimate of drug-likeness (QED) is 0.812. The second-order valence-electron chi connectivity index (χ2n) is 6.13. The topological polar surface area (TPSA) is 89.6 Å². The van der Waals surface area contributed by atoms with Crippen molar-refractivity contribution in [3.8, 4) is 0 Å². The van der Waals surface area contributed by atoms with E-state index < -0.39 is 29.5 Å². The molecule has 0 radical (unpaired) electrons. The van der Waals surface area contributed by atoms with Crippen molar-refractivity contribution in [2.24, 2.45) is 5.73 Å². The normalized spacial score (nSPS) is 14.3. The molecule has 1 aromatic rings. The smallest absolute Gasteiger partial charge is 0.315 e. The number of carbonyl (C=O) groups excluding carboxylic acids is 1. The van der Waals surface area contributed by atoms with Crippen LogP contribution < -0.4 is 5.73 Å². The number of hydrogen-bond donors (Lipinski definition) is 2. The van der Waals surface area contributed by atoms with Gasteiger partial charge in [-0.2, -0.15) is 0 Å². The maximum Gasteiger partial charge on any atom is 0.315 e. The number of carbonyl (C=O) groups is 2. The Morgan fingerprint density at radius 2 is 1.86 bits per heavy atom. The summed E-state index contributed by atoms with van der Waals surface area (Å²) in [7, 11) is 0. The first-order valence-electron chi connectivity index (χ1n) is 6.87. The molecule has 0 aliphatic carbocycles. The molecule has 116 valence electrons. The summed E-state index contributed by atoms with van der Waals surface area (Å²) >= 11 is 0. The minimum Gasteiger partial charge on any atom is -0.481 e. The molecule has 0 bridgehead atoms. The van der Waals surface area contributed by atoms with Crippen LogP contribution in [0.3, 0.4) is 0 Å². The number of nitrogens with two attached hydrogens (primary N) is 1. The van der Waals surface area contributed by atoms with Crippen molar-refractivity contribution in [3.05, 3.63) is 35.4 Å². The Morgan fingerprint density at radius 1 is 1.29 bits per heavy atom. The summed E-state index contributed by atoms with van der Waals surface area (Å²) < 4.78 is 5.40. The standard InChI is InChI=1S/C16H23NO4/c1-10-7-5-6-8-11(10)14(12(17)9-13(18)19)15(20)21-16(2,3)4/h5-8,12,14H,9,17H2,1-4H3,(H,18,19)/t12-,14?/m0/s1. The molecule has 2 atom stereocenters. The number of esters is 1. The zero-order valence-corrected chi connectivity index (χ0v) is 12.9. The summed E-state index contributed by atoms with van der Waals surface area (Å²) in [6.45, 7) is 7.16. The van der Waals surface area contributed by atoms with Gasteiger partial charge in [0.05, 0.1) is 12.3 Å². The molecule has 0 heterocycles. The van der Waals surface area contributed by atoms with Gasteiger partial charge in [0, 0.05) is 6.04 Å². The molecule has 0 spiro atoms. The number of hydrogen-bond acceptors (Lipinski definition) is 4. The molecule has 0 aromatic heterocycles. The molecule has 1 aromatic carbocycles. The zero-order valence-electron chi connectivity index (χ0n) is 12.9.